The number of hydrogen-bond acceptors (Lipinski definition) is 2. The van der Waals surface area contributed by atoms with Crippen LogP contribution in [-0.2, 0) is 6.54 Å². The van der Waals surface area contributed by atoms with Gasteiger partial charge in [0.25, 0.3) is 0 Å². The highest BCUT2D eigenvalue weighted by Crippen LogP contribution is 2.31. The van der Waals surface area contributed by atoms with Gasteiger partial charge in [-0.3, -0.25) is 0 Å². The Bertz CT molecular complexity index is 372. The molecule has 0 aliphatic heterocycles. The van der Waals surface area contributed by atoms with Gasteiger partial charge in [0.2, 0.25) is 0 Å². The molecule has 1 N–H and O–H groups in total. The molecule has 0 unspecified atom stereocenters. The fourth-order valence-corrected chi connectivity index (χ4v) is 3.04. The molecule has 2 nitrogen and oxygen atoms in total. The summed E-state index contributed by atoms with van der Waals surface area (Å²) < 4.78 is 1.16. The van der Waals surface area contributed by atoms with E-state index in [0.717, 1.165) is 17.1 Å². The van der Waals surface area contributed by atoms with Crippen molar-refractivity contribution in [3.8, 4) is 0 Å². The molecule has 0 amide bonds. The molecule has 0 atom stereocenters. The van der Waals surface area contributed by atoms with E-state index >= 15 is 0 Å². The quantitative estimate of drug-likeness (QED) is 0.914. The van der Waals surface area contributed by atoms with Crippen LogP contribution >= 0.6 is 15.9 Å². The minimum Gasteiger partial charge on any atom is -0.371 e. The summed E-state index contributed by atoms with van der Waals surface area (Å²) >= 11 is 3.58. The molecule has 0 radical (unpaired) electrons. The van der Waals surface area contributed by atoms with Gasteiger partial charge in [0, 0.05) is 29.8 Å². The third-order valence-corrected chi connectivity index (χ3v) is 4.16. The Balaban J connectivity index is 2.24. The van der Waals surface area contributed by atoms with Crippen molar-refractivity contribution in [1.82, 2.24) is 5.32 Å². The lowest BCUT2D eigenvalue weighted by Gasteiger charge is -2.29. The second kappa shape index (κ2) is 5.87. The van der Waals surface area contributed by atoms with Crippen LogP contribution in [0.3, 0.4) is 0 Å². The number of anilines is 1. The SMILES string of the molecule is CNCc1ccc(Br)cc1N(C)C1CCCC1. The molecule has 94 valence electrons. The molecule has 2 rings (SSSR count). The predicted molar refractivity (Wildman–Crippen MR) is 77.6 cm³/mol. The summed E-state index contributed by atoms with van der Waals surface area (Å²) in [4.78, 5) is 2.46. The summed E-state index contributed by atoms with van der Waals surface area (Å²) in [6.45, 7) is 0.930. The molecule has 0 saturated heterocycles. The Labute approximate surface area is 113 Å². The van der Waals surface area contributed by atoms with E-state index in [2.05, 4.69) is 51.4 Å². The Kier molecular flexibility index (Phi) is 4.46. The minimum atomic E-state index is 0.722. The largest absolute Gasteiger partial charge is 0.371 e. The Morgan fingerprint density at radius 3 is 2.71 bits per heavy atom. The zero-order chi connectivity index (χ0) is 12.3. The maximum Gasteiger partial charge on any atom is 0.0423 e. The summed E-state index contributed by atoms with van der Waals surface area (Å²) in [5.41, 5.74) is 2.74. The lowest BCUT2D eigenvalue weighted by Crippen LogP contribution is -2.30. The molecule has 1 saturated carbocycles. The highest BCUT2D eigenvalue weighted by molar-refractivity contribution is 9.10. The molecule has 3 heteroatoms. The van der Waals surface area contributed by atoms with Crippen LogP contribution in [0.25, 0.3) is 0 Å². The molecule has 1 aliphatic carbocycles. The summed E-state index contributed by atoms with van der Waals surface area (Å²) in [6.07, 6.45) is 5.43. The summed E-state index contributed by atoms with van der Waals surface area (Å²) in [5, 5.41) is 3.25. The van der Waals surface area contributed by atoms with Crippen molar-refractivity contribution in [1.29, 1.82) is 0 Å². The molecule has 1 aromatic rings. The van der Waals surface area contributed by atoms with Gasteiger partial charge < -0.3 is 10.2 Å². The molecular formula is C14H21BrN2. The maximum absolute atomic E-state index is 3.58. The molecule has 1 fully saturated rings. The van der Waals surface area contributed by atoms with E-state index in [1.54, 1.807) is 0 Å². The smallest absolute Gasteiger partial charge is 0.0423 e. The summed E-state index contributed by atoms with van der Waals surface area (Å²) in [7, 11) is 4.23. The van der Waals surface area contributed by atoms with E-state index in [1.807, 2.05) is 7.05 Å². The Morgan fingerprint density at radius 2 is 2.06 bits per heavy atom. The van der Waals surface area contributed by atoms with Crippen LogP contribution in [-0.4, -0.2) is 20.1 Å². The first-order valence-electron chi connectivity index (χ1n) is 6.38. The van der Waals surface area contributed by atoms with Crippen LogP contribution in [0.15, 0.2) is 22.7 Å². The van der Waals surface area contributed by atoms with Crippen molar-refractivity contribution in [3.63, 3.8) is 0 Å². The maximum atomic E-state index is 3.58. The molecule has 0 heterocycles. The van der Waals surface area contributed by atoms with Gasteiger partial charge in [-0.2, -0.15) is 0 Å². The highest BCUT2D eigenvalue weighted by Gasteiger charge is 2.21. The number of nitrogens with zero attached hydrogens (tertiary/aromatic N) is 1. The van der Waals surface area contributed by atoms with Crippen molar-refractivity contribution in [2.24, 2.45) is 0 Å². The van der Waals surface area contributed by atoms with Gasteiger partial charge in [0.05, 0.1) is 0 Å². The third-order valence-electron chi connectivity index (χ3n) is 3.67. The molecule has 0 spiro atoms. The van der Waals surface area contributed by atoms with E-state index in [-0.39, 0.29) is 0 Å². The molecular weight excluding hydrogens is 276 g/mol. The first-order chi connectivity index (χ1) is 8.22. The normalized spacial score (nSPS) is 16.4. The van der Waals surface area contributed by atoms with Gasteiger partial charge in [-0.1, -0.05) is 34.8 Å². The Hall–Kier alpha value is -0.540. The van der Waals surface area contributed by atoms with E-state index in [0.29, 0.717) is 0 Å². The van der Waals surface area contributed by atoms with E-state index in [4.69, 9.17) is 0 Å². The van der Waals surface area contributed by atoms with Crippen LogP contribution in [0, 0.1) is 0 Å². The minimum absolute atomic E-state index is 0.722. The van der Waals surface area contributed by atoms with Crippen molar-refractivity contribution >= 4 is 21.6 Å². The van der Waals surface area contributed by atoms with E-state index in [1.165, 1.54) is 36.9 Å². The molecule has 1 aliphatic rings. The first kappa shape index (κ1) is 12.9. The standard InChI is InChI=1S/C14H21BrN2/c1-16-10-11-7-8-12(15)9-14(11)17(2)13-5-3-4-6-13/h7-9,13,16H,3-6,10H2,1-2H3. The van der Waals surface area contributed by atoms with Crippen LogP contribution in [0.2, 0.25) is 0 Å². The summed E-state index contributed by atoms with van der Waals surface area (Å²) in [6, 6.07) is 7.30. The molecule has 0 aromatic heterocycles. The lowest BCUT2D eigenvalue weighted by atomic mass is 10.1. The van der Waals surface area contributed by atoms with Gasteiger partial charge in [-0.05, 0) is 37.6 Å². The highest BCUT2D eigenvalue weighted by atomic mass is 79.9. The fraction of sp³-hybridized carbons (Fsp3) is 0.571. The van der Waals surface area contributed by atoms with Gasteiger partial charge in [0.15, 0.2) is 0 Å². The van der Waals surface area contributed by atoms with Gasteiger partial charge in [-0.25, -0.2) is 0 Å². The number of benzene rings is 1. The second-order valence-electron chi connectivity index (χ2n) is 4.85. The second-order valence-corrected chi connectivity index (χ2v) is 5.77. The first-order valence-corrected chi connectivity index (χ1v) is 7.17. The molecule has 1 aromatic carbocycles. The average Bonchev–Trinajstić information content (AvgIpc) is 2.84. The Morgan fingerprint density at radius 1 is 1.35 bits per heavy atom. The number of halogens is 1. The monoisotopic (exact) mass is 296 g/mol. The van der Waals surface area contributed by atoms with E-state index in [9.17, 15) is 0 Å². The van der Waals surface area contributed by atoms with Crippen molar-refractivity contribution < 1.29 is 0 Å². The lowest BCUT2D eigenvalue weighted by molar-refractivity contribution is 0.648. The van der Waals surface area contributed by atoms with Gasteiger partial charge in [0.1, 0.15) is 0 Å². The zero-order valence-corrected chi connectivity index (χ0v) is 12.3. The van der Waals surface area contributed by atoms with Crippen LogP contribution in [0.5, 0.6) is 0 Å². The van der Waals surface area contributed by atoms with Crippen LogP contribution in [0.4, 0.5) is 5.69 Å². The van der Waals surface area contributed by atoms with E-state index < -0.39 is 0 Å². The van der Waals surface area contributed by atoms with Crippen LogP contribution in [0.1, 0.15) is 31.2 Å². The topological polar surface area (TPSA) is 15.3 Å². The van der Waals surface area contributed by atoms with Crippen molar-refractivity contribution in [3.05, 3.63) is 28.2 Å². The van der Waals surface area contributed by atoms with Gasteiger partial charge >= 0.3 is 0 Å². The number of rotatable bonds is 4. The number of nitrogens with one attached hydrogen (secondary N) is 1. The summed E-state index contributed by atoms with van der Waals surface area (Å²) in [5.74, 6) is 0. The zero-order valence-electron chi connectivity index (χ0n) is 10.7. The van der Waals surface area contributed by atoms with Crippen molar-refractivity contribution in [2.75, 3.05) is 19.0 Å². The molecule has 0 bridgehead atoms. The third kappa shape index (κ3) is 3.02. The van der Waals surface area contributed by atoms with Crippen LogP contribution < -0.4 is 10.2 Å². The predicted octanol–water partition coefficient (Wildman–Crippen LogP) is 3.55. The van der Waals surface area contributed by atoms with Gasteiger partial charge in [-0.15, -0.1) is 0 Å². The fourth-order valence-electron chi connectivity index (χ4n) is 2.69. The number of hydrogen-bond donors (Lipinski definition) is 1. The van der Waals surface area contributed by atoms with Crippen molar-refractivity contribution in [2.45, 2.75) is 38.3 Å². The molecule has 17 heavy (non-hydrogen) atoms. The average molecular weight is 297 g/mol.